The molecule has 192 valence electrons. The molecule has 0 bridgehead atoms. The minimum Gasteiger partial charge on any atom is -0.478 e. The van der Waals surface area contributed by atoms with E-state index in [1.807, 2.05) is 0 Å². The van der Waals surface area contributed by atoms with Crippen LogP contribution in [0.3, 0.4) is 0 Å². The molecular weight excluding hydrogens is 494 g/mol. The lowest BCUT2D eigenvalue weighted by atomic mass is 9.79. The van der Waals surface area contributed by atoms with Crippen molar-refractivity contribution in [1.29, 1.82) is 0 Å². The van der Waals surface area contributed by atoms with E-state index < -0.39 is 59.2 Å². The maximum absolute atomic E-state index is 12.9. The number of aliphatic hydroxyl groups is 1. The monoisotopic (exact) mass is 519 g/mol. The standard InChI is InChI=1S/C23H25N3O9S/c1-9-16-15(10(2)27)20(29)26(16)17(22(32)33)18(9)36-13-7-14(25(8-13)23(34)35)19(28)24-12-5-3-4-11(6-12)21(30)31/h3-6,9-10,13-16,27H,7-8H2,1-2H3,(H,24,28)(H,30,31)(H,32,33)(H,34,35). The fourth-order valence-electron chi connectivity index (χ4n) is 5.16. The van der Waals surface area contributed by atoms with Crippen LogP contribution in [0.15, 0.2) is 34.9 Å². The van der Waals surface area contributed by atoms with Crippen molar-refractivity contribution < 1.29 is 44.4 Å². The maximum atomic E-state index is 12.9. The number of carboxylic acids is 2. The normalized spacial score (nSPS) is 28.0. The summed E-state index contributed by atoms with van der Waals surface area (Å²) >= 11 is 1.14. The molecule has 0 radical (unpaired) electrons. The summed E-state index contributed by atoms with van der Waals surface area (Å²) < 4.78 is 0. The topological polar surface area (TPSA) is 185 Å². The molecule has 13 heteroatoms. The minimum atomic E-state index is -1.32. The van der Waals surface area contributed by atoms with Crippen LogP contribution in [0.2, 0.25) is 0 Å². The number of benzene rings is 1. The van der Waals surface area contributed by atoms with Crippen LogP contribution in [0.4, 0.5) is 10.5 Å². The van der Waals surface area contributed by atoms with Gasteiger partial charge in [-0.05, 0) is 31.5 Å². The van der Waals surface area contributed by atoms with Crippen LogP contribution < -0.4 is 5.32 Å². The molecule has 0 spiro atoms. The molecule has 1 aromatic carbocycles. The molecule has 0 aromatic heterocycles. The number of nitrogens with zero attached hydrogens (tertiary/aromatic N) is 2. The molecule has 6 unspecified atom stereocenters. The number of aliphatic hydroxyl groups excluding tert-OH is 1. The van der Waals surface area contributed by atoms with E-state index in [0.717, 1.165) is 16.7 Å². The third-order valence-electron chi connectivity index (χ3n) is 6.79. The van der Waals surface area contributed by atoms with Gasteiger partial charge < -0.3 is 30.6 Å². The SMILES string of the molecule is CC(O)C1C(=O)N2C(C(=O)O)=C(SC3CC(C(=O)Nc4cccc(C(=O)O)c4)N(C(=O)O)C3)C(C)C12. The van der Waals surface area contributed by atoms with Crippen molar-refractivity contribution in [3.63, 3.8) is 0 Å². The fraction of sp³-hybridized carbons (Fsp3) is 0.435. The van der Waals surface area contributed by atoms with E-state index in [2.05, 4.69) is 5.32 Å². The molecular formula is C23H25N3O9S. The summed E-state index contributed by atoms with van der Waals surface area (Å²) in [6.07, 6.45) is -2.18. The molecule has 3 aliphatic rings. The Morgan fingerprint density at radius 1 is 1.14 bits per heavy atom. The Bertz CT molecular complexity index is 1180. The number of rotatable bonds is 7. The van der Waals surface area contributed by atoms with Crippen LogP contribution in [0.5, 0.6) is 0 Å². The van der Waals surface area contributed by atoms with Gasteiger partial charge in [-0.2, -0.15) is 0 Å². The van der Waals surface area contributed by atoms with Crippen LogP contribution in [-0.4, -0.2) is 90.1 Å². The number of fused-ring (bicyclic) bond motifs is 1. The Kier molecular flexibility index (Phi) is 6.71. The highest BCUT2D eigenvalue weighted by atomic mass is 32.2. The van der Waals surface area contributed by atoms with Gasteiger partial charge in [0.05, 0.1) is 23.6 Å². The highest BCUT2D eigenvalue weighted by Gasteiger charge is 2.60. The van der Waals surface area contributed by atoms with Crippen LogP contribution in [0.1, 0.15) is 30.6 Å². The van der Waals surface area contributed by atoms with Gasteiger partial charge in [-0.3, -0.25) is 14.5 Å². The zero-order valence-corrected chi connectivity index (χ0v) is 20.1. The number of hydrogen-bond acceptors (Lipinski definition) is 7. The number of hydrogen-bond donors (Lipinski definition) is 5. The number of nitrogens with one attached hydrogen (secondary N) is 1. The number of anilines is 1. The van der Waals surface area contributed by atoms with Crippen molar-refractivity contribution >= 4 is 47.3 Å². The van der Waals surface area contributed by atoms with Crippen LogP contribution in [-0.2, 0) is 14.4 Å². The van der Waals surface area contributed by atoms with Crippen molar-refractivity contribution in [1.82, 2.24) is 9.80 Å². The summed E-state index contributed by atoms with van der Waals surface area (Å²) in [4.78, 5) is 63.1. The first-order valence-corrected chi connectivity index (χ1v) is 12.1. The number of aliphatic carboxylic acids is 1. The van der Waals surface area contributed by atoms with Gasteiger partial charge >= 0.3 is 18.0 Å². The Labute approximate surface area is 209 Å². The van der Waals surface area contributed by atoms with Crippen molar-refractivity contribution in [2.45, 2.75) is 43.7 Å². The lowest BCUT2D eigenvalue weighted by Crippen LogP contribution is -2.63. The Balaban J connectivity index is 1.53. The summed E-state index contributed by atoms with van der Waals surface area (Å²) in [7, 11) is 0. The van der Waals surface area contributed by atoms with Crippen LogP contribution >= 0.6 is 11.8 Å². The molecule has 5 N–H and O–H groups in total. The Morgan fingerprint density at radius 2 is 1.83 bits per heavy atom. The number of carboxylic acid groups (broad SMARTS) is 3. The molecule has 36 heavy (non-hydrogen) atoms. The number of amides is 3. The summed E-state index contributed by atoms with van der Waals surface area (Å²) in [5.41, 5.74) is -0.00544. The summed E-state index contributed by atoms with van der Waals surface area (Å²) in [5.74, 6) is -4.66. The van der Waals surface area contributed by atoms with Gasteiger partial charge in [-0.25, -0.2) is 14.4 Å². The second-order valence-electron chi connectivity index (χ2n) is 9.07. The lowest BCUT2D eigenvalue weighted by Gasteiger charge is -2.46. The number of carbonyl (C=O) groups is 5. The number of thioether (sulfide) groups is 1. The fourth-order valence-corrected chi connectivity index (χ4v) is 6.68. The zero-order chi connectivity index (χ0) is 26.5. The van der Waals surface area contributed by atoms with Gasteiger partial charge in [0.2, 0.25) is 11.8 Å². The second kappa shape index (κ2) is 9.47. The quantitative estimate of drug-likeness (QED) is 0.329. The molecule has 3 aliphatic heterocycles. The molecule has 4 rings (SSSR count). The van der Waals surface area contributed by atoms with Gasteiger partial charge in [0.1, 0.15) is 11.7 Å². The van der Waals surface area contributed by atoms with Crippen LogP contribution in [0, 0.1) is 11.8 Å². The molecule has 3 amide bonds. The molecule has 3 heterocycles. The van der Waals surface area contributed by atoms with E-state index in [9.17, 15) is 39.3 Å². The van der Waals surface area contributed by atoms with Gasteiger partial charge in [0.25, 0.3) is 0 Å². The highest BCUT2D eigenvalue weighted by Crippen LogP contribution is 2.52. The summed E-state index contributed by atoms with van der Waals surface area (Å²) in [5, 5.41) is 40.7. The molecule has 12 nitrogen and oxygen atoms in total. The predicted molar refractivity (Wildman–Crippen MR) is 126 cm³/mol. The second-order valence-corrected chi connectivity index (χ2v) is 10.4. The number of aromatic carboxylic acids is 1. The third kappa shape index (κ3) is 4.28. The van der Waals surface area contributed by atoms with Crippen molar-refractivity contribution in [2.24, 2.45) is 11.8 Å². The van der Waals surface area contributed by atoms with E-state index in [1.165, 1.54) is 36.1 Å². The number of β-lactam (4-membered cyclic amide) rings is 1. The van der Waals surface area contributed by atoms with E-state index >= 15 is 0 Å². The molecule has 0 aliphatic carbocycles. The van der Waals surface area contributed by atoms with Crippen molar-refractivity contribution in [2.75, 3.05) is 11.9 Å². The minimum absolute atomic E-state index is 0.0409. The van der Waals surface area contributed by atoms with Gasteiger partial charge in [0.15, 0.2) is 0 Å². The summed E-state index contributed by atoms with van der Waals surface area (Å²) in [6, 6.07) is 3.98. The first-order valence-electron chi connectivity index (χ1n) is 11.2. The Morgan fingerprint density at radius 3 is 2.42 bits per heavy atom. The average Bonchev–Trinajstić information content (AvgIpc) is 3.32. The maximum Gasteiger partial charge on any atom is 0.408 e. The number of carbonyl (C=O) groups excluding carboxylic acids is 2. The van der Waals surface area contributed by atoms with E-state index in [0.29, 0.717) is 4.91 Å². The first-order chi connectivity index (χ1) is 16.9. The summed E-state index contributed by atoms with van der Waals surface area (Å²) in [6.45, 7) is 3.20. The highest BCUT2D eigenvalue weighted by molar-refractivity contribution is 8.03. The third-order valence-corrected chi connectivity index (χ3v) is 8.29. The van der Waals surface area contributed by atoms with Crippen molar-refractivity contribution in [3.05, 3.63) is 40.4 Å². The van der Waals surface area contributed by atoms with E-state index in [-0.39, 0.29) is 35.8 Å². The first kappa shape index (κ1) is 25.5. The largest absolute Gasteiger partial charge is 0.478 e. The smallest absolute Gasteiger partial charge is 0.408 e. The lowest BCUT2D eigenvalue weighted by molar-refractivity contribution is -0.163. The van der Waals surface area contributed by atoms with E-state index in [1.54, 1.807) is 6.92 Å². The Hall–Kier alpha value is -3.58. The molecule has 2 saturated heterocycles. The molecule has 0 saturated carbocycles. The van der Waals surface area contributed by atoms with E-state index in [4.69, 9.17) is 5.11 Å². The zero-order valence-electron chi connectivity index (χ0n) is 19.3. The van der Waals surface area contributed by atoms with Gasteiger partial charge in [0, 0.05) is 28.3 Å². The van der Waals surface area contributed by atoms with Gasteiger partial charge in [-0.1, -0.05) is 13.0 Å². The van der Waals surface area contributed by atoms with Crippen molar-refractivity contribution in [3.8, 4) is 0 Å². The van der Waals surface area contributed by atoms with Gasteiger partial charge in [-0.15, -0.1) is 11.8 Å². The predicted octanol–water partition coefficient (Wildman–Crippen LogP) is 1.33. The molecule has 6 atom stereocenters. The average molecular weight is 520 g/mol. The molecule has 1 aromatic rings. The van der Waals surface area contributed by atoms with Crippen LogP contribution in [0.25, 0.3) is 0 Å². The molecule has 2 fully saturated rings. The number of likely N-dealkylation sites (tertiary alicyclic amines) is 1.